The Labute approximate surface area is 75.4 Å². The van der Waals surface area contributed by atoms with Crippen LogP contribution in [0.4, 0.5) is 0 Å². The molecule has 4 atom stereocenters. The molecule has 0 saturated heterocycles. The monoisotopic (exact) mass is 162 g/mol. The van der Waals surface area contributed by atoms with Gasteiger partial charge < -0.3 is 0 Å². The van der Waals surface area contributed by atoms with Crippen LogP contribution in [0.2, 0.25) is 0 Å². The third kappa shape index (κ3) is 0.983. The first-order valence-corrected chi connectivity index (χ1v) is 5.31. The molecule has 0 heteroatoms. The van der Waals surface area contributed by atoms with E-state index >= 15 is 0 Å². The highest BCUT2D eigenvalue weighted by atomic mass is 14.5. The molecule has 0 aliphatic heterocycles. The minimum absolute atomic E-state index is 0.867. The lowest BCUT2D eigenvalue weighted by Gasteiger charge is -2.48. The molecule has 2 rings (SSSR count). The van der Waals surface area contributed by atoms with Crippen LogP contribution in [0.25, 0.3) is 0 Å². The quantitative estimate of drug-likeness (QED) is 0.558. The molecule has 12 heavy (non-hydrogen) atoms. The maximum atomic E-state index is 3.29. The summed E-state index contributed by atoms with van der Waals surface area (Å²) in [5.74, 6) is 3.69. The molecule has 66 valence electrons. The van der Waals surface area contributed by atoms with Crippen molar-refractivity contribution in [3.63, 3.8) is 0 Å². The number of allylic oxidation sites excluding steroid dienone is 1. The molecule has 1 fully saturated rings. The van der Waals surface area contributed by atoms with Gasteiger partial charge in [0.15, 0.2) is 0 Å². The fraction of sp³-hybridized carbons (Fsp3) is 0.750. The van der Waals surface area contributed by atoms with Crippen LogP contribution < -0.4 is 0 Å². The first-order valence-electron chi connectivity index (χ1n) is 5.31. The standard InChI is InChI=1S/C12H18/c1-3-6-10-9(4-2)11-7-5-8-12(10)11/h7-12H,3-4,6H2,1-2H3/t9?,10-,11?,12?/m1/s1. The molecule has 0 amide bonds. The molecule has 0 aromatic heterocycles. The van der Waals surface area contributed by atoms with Crippen molar-refractivity contribution >= 4 is 0 Å². The van der Waals surface area contributed by atoms with E-state index in [2.05, 4.69) is 31.7 Å². The summed E-state index contributed by atoms with van der Waals surface area (Å²) in [6.45, 7) is 4.63. The lowest BCUT2D eigenvalue weighted by atomic mass is 9.56. The van der Waals surface area contributed by atoms with Crippen molar-refractivity contribution in [2.45, 2.75) is 33.1 Å². The average molecular weight is 162 g/mol. The van der Waals surface area contributed by atoms with E-state index < -0.39 is 0 Å². The molecule has 2 aliphatic rings. The predicted octanol–water partition coefficient (Wildman–Crippen LogP) is 3.40. The van der Waals surface area contributed by atoms with Crippen LogP contribution in [-0.4, -0.2) is 0 Å². The van der Waals surface area contributed by atoms with E-state index in [1.807, 2.05) is 0 Å². The van der Waals surface area contributed by atoms with Gasteiger partial charge in [-0.1, -0.05) is 26.7 Å². The summed E-state index contributed by atoms with van der Waals surface area (Å²) >= 11 is 0. The molecule has 0 nitrogen and oxygen atoms in total. The molecule has 0 aromatic carbocycles. The summed E-state index contributed by atoms with van der Waals surface area (Å²) < 4.78 is 0. The zero-order valence-electron chi connectivity index (χ0n) is 8.09. The van der Waals surface area contributed by atoms with Crippen molar-refractivity contribution in [1.29, 1.82) is 0 Å². The summed E-state index contributed by atoms with van der Waals surface area (Å²) in [5.41, 5.74) is 3.29. The second kappa shape index (κ2) is 3.11. The van der Waals surface area contributed by atoms with Gasteiger partial charge in [-0.25, -0.2) is 0 Å². The van der Waals surface area contributed by atoms with E-state index in [-0.39, 0.29) is 0 Å². The molecule has 0 heterocycles. The fourth-order valence-electron chi connectivity index (χ4n) is 3.06. The molecule has 0 radical (unpaired) electrons. The number of hydrogen-bond donors (Lipinski definition) is 0. The topological polar surface area (TPSA) is 0 Å². The molecule has 1 saturated carbocycles. The smallest absolute Gasteiger partial charge is 0.00545 e. The van der Waals surface area contributed by atoms with Crippen LogP contribution in [0.15, 0.2) is 17.9 Å². The van der Waals surface area contributed by atoms with Gasteiger partial charge in [0, 0.05) is 0 Å². The molecular weight excluding hydrogens is 144 g/mol. The molecular formula is C12H18. The van der Waals surface area contributed by atoms with Crippen molar-refractivity contribution in [2.24, 2.45) is 23.7 Å². The Morgan fingerprint density at radius 1 is 1.08 bits per heavy atom. The van der Waals surface area contributed by atoms with Gasteiger partial charge in [-0.05, 0) is 42.2 Å². The largest absolute Gasteiger partial charge is 0.129 e. The fourth-order valence-corrected chi connectivity index (χ4v) is 3.06. The van der Waals surface area contributed by atoms with Crippen LogP contribution in [0, 0.1) is 23.7 Å². The van der Waals surface area contributed by atoms with Crippen molar-refractivity contribution in [3.8, 4) is 0 Å². The number of hydrogen-bond acceptors (Lipinski definition) is 0. The molecule has 0 bridgehead atoms. The van der Waals surface area contributed by atoms with Crippen molar-refractivity contribution in [1.82, 2.24) is 0 Å². The number of rotatable bonds is 3. The highest BCUT2D eigenvalue weighted by molar-refractivity contribution is 5.17. The van der Waals surface area contributed by atoms with Crippen molar-refractivity contribution in [3.05, 3.63) is 17.9 Å². The molecule has 0 aromatic rings. The zero-order chi connectivity index (χ0) is 8.55. The summed E-state index contributed by atoms with van der Waals surface area (Å²) in [4.78, 5) is 0. The van der Waals surface area contributed by atoms with Gasteiger partial charge >= 0.3 is 0 Å². The molecule has 2 aliphatic carbocycles. The van der Waals surface area contributed by atoms with Crippen molar-refractivity contribution < 1.29 is 0 Å². The predicted molar refractivity (Wildman–Crippen MR) is 51.8 cm³/mol. The van der Waals surface area contributed by atoms with Crippen molar-refractivity contribution in [2.75, 3.05) is 0 Å². The first-order chi connectivity index (χ1) is 5.88. The van der Waals surface area contributed by atoms with Crippen LogP contribution in [0.5, 0.6) is 0 Å². The van der Waals surface area contributed by atoms with Gasteiger partial charge in [0.2, 0.25) is 0 Å². The van der Waals surface area contributed by atoms with E-state index in [1.165, 1.54) is 19.3 Å². The Kier molecular flexibility index (Phi) is 2.11. The Hall–Kier alpha value is -0.480. The van der Waals surface area contributed by atoms with E-state index in [4.69, 9.17) is 0 Å². The Morgan fingerprint density at radius 2 is 1.75 bits per heavy atom. The van der Waals surface area contributed by atoms with Crippen LogP contribution in [0.1, 0.15) is 33.1 Å². The average Bonchev–Trinajstić information content (AvgIpc) is 2.46. The minimum atomic E-state index is 0.867. The second-order valence-electron chi connectivity index (χ2n) is 4.18. The third-order valence-corrected chi connectivity index (χ3v) is 3.65. The summed E-state index contributed by atoms with van der Waals surface area (Å²) in [6, 6.07) is 0. The lowest BCUT2D eigenvalue weighted by Crippen LogP contribution is -2.43. The van der Waals surface area contributed by atoms with Gasteiger partial charge in [0.05, 0.1) is 0 Å². The van der Waals surface area contributed by atoms with Gasteiger partial charge in [-0.3, -0.25) is 0 Å². The Bertz CT molecular complexity index is 220. The number of fused-ring (bicyclic) bond motifs is 1. The zero-order valence-corrected chi connectivity index (χ0v) is 8.09. The first kappa shape index (κ1) is 8.13. The lowest BCUT2D eigenvalue weighted by molar-refractivity contribution is 0.0378. The van der Waals surface area contributed by atoms with Gasteiger partial charge in [-0.2, -0.15) is 0 Å². The maximum Gasteiger partial charge on any atom is -0.00545 e. The maximum absolute atomic E-state index is 3.29. The van der Waals surface area contributed by atoms with E-state index in [0.29, 0.717) is 0 Å². The second-order valence-corrected chi connectivity index (χ2v) is 4.18. The Balaban J connectivity index is 2.01. The van der Waals surface area contributed by atoms with Crippen LogP contribution in [0.3, 0.4) is 0 Å². The highest BCUT2D eigenvalue weighted by Gasteiger charge is 2.46. The van der Waals surface area contributed by atoms with Crippen LogP contribution in [-0.2, 0) is 0 Å². The van der Waals surface area contributed by atoms with E-state index in [1.54, 1.807) is 0 Å². The highest BCUT2D eigenvalue weighted by Crippen LogP contribution is 2.53. The van der Waals surface area contributed by atoms with Gasteiger partial charge in [-0.15, -0.1) is 5.73 Å². The Morgan fingerprint density at radius 3 is 2.33 bits per heavy atom. The van der Waals surface area contributed by atoms with Gasteiger partial charge in [0.1, 0.15) is 0 Å². The molecule has 0 N–H and O–H groups in total. The third-order valence-electron chi connectivity index (χ3n) is 3.65. The van der Waals surface area contributed by atoms with E-state index in [9.17, 15) is 0 Å². The summed E-state index contributed by atoms with van der Waals surface area (Å²) in [5, 5.41) is 0. The van der Waals surface area contributed by atoms with Gasteiger partial charge in [0.25, 0.3) is 0 Å². The molecule has 0 spiro atoms. The SMILES string of the molecule is CCC[C@H]1C2C=C=CC2C1CC. The normalized spacial score (nSPS) is 42.8. The summed E-state index contributed by atoms with van der Waals surface area (Å²) in [6.07, 6.45) is 8.73. The summed E-state index contributed by atoms with van der Waals surface area (Å²) in [7, 11) is 0. The van der Waals surface area contributed by atoms with Crippen LogP contribution >= 0.6 is 0 Å². The molecule has 3 unspecified atom stereocenters. The van der Waals surface area contributed by atoms with E-state index in [0.717, 1.165) is 23.7 Å². The minimum Gasteiger partial charge on any atom is -0.129 e.